The van der Waals surface area contributed by atoms with E-state index in [2.05, 4.69) is 5.32 Å². The lowest BCUT2D eigenvalue weighted by Gasteiger charge is -2.24. The summed E-state index contributed by atoms with van der Waals surface area (Å²) >= 11 is 0. The highest BCUT2D eigenvalue weighted by molar-refractivity contribution is 5.78. The molecule has 1 heterocycles. The van der Waals surface area contributed by atoms with Crippen LogP contribution in [0.4, 0.5) is 4.39 Å². The minimum absolute atomic E-state index is 0.0198. The molecule has 0 saturated carbocycles. The fourth-order valence-corrected chi connectivity index (χ4v) is 1.72. The Kier molecular flexibility index (Phi) is 2.78. The first-order valence-corrected chi connectivity index (χ1v) is 5.02. The molecule has 1 aliphatic heterocycles. The van der Waals surface area contributed by atoms with E-state index in [-0.39, 0.29) is 12.3 Å². The molecule has 1 aromatic rings. The Balaban J connectivity index is 2.25. The van der Waals surface area contributed by atoms with Crippen LogP contribution in [-0.4, -0.2) is 29.8 Å². The second-order valence-electron chi connectivity index (χ2n) is 3.76. The molecule has 0 spiro atoms. The van der Waals surface area contributed by atoms with E-state index in [4.69, 9.17) is 9.84 Å². The van der Waals surface area contributed by atoms with E-state index in [9.17, 15) is 9.18 Å². The summed E-state index contributed by atoms with van der Waals surface area (Å²) in [6, 6.07) is 5.81. The topological polar surface area (TPSA) is 58.6 Å². The van der Waals surface area contributed by atoms with E-state index in [1.54, 1.807) is 6.07 Å². The first-order chi connectivity index (χ1) is 7.64. The number of halogens is 1. The van der Waals surface area contributed by atoms with Crippen molar-refractivity contribution in [1.82, 2.24) is 5.32 Å². The van der Waals surface area contributed by atoms with Crippen molar-refractivity contribution in [3.8, 4) is 5.75 Å². The average Bonchev–Trinajstić information content (AvgIpc) is 2.71. The summed E-state index contributed by atoms with van der Waals surface area (Å²) in [6.45, 7) is 0.747. The standard InChI is InChI=1S/C11H12FNO3/c12-8-3-1-2-4-9(8)16-11(10(14)15)5-6-13-7-11/h1-4,13H,5-7H2,(H,14,15). The van der Waals surface area contributed by atoms with Crippen LogP contribution in [0.15, 0.2) is 24.3 Å². The molecule has 1 fully saturated rings. The third-order valence-corrected chi connectivity index (χ3v) is 2.65. The Hall–Kier alpha value is -1.62. The minimum atomic E-state index is -1.35. The van der Waals surface area contributed by atoms with Gasteiger partial charge in [0.05, 0.1) is 0 Å². The van der Waals surface area contributed by atoms with Crippen LogP contribution < -0.4 is 10.1 Å². The van der Waals surface area contributed by atoms with E-state index in [1.807, 2.05) is 0 Å². The summed E-state index contributed by atoms with van der Waals surface area (Å²) in [4.78, 5) is 11.2. The highest BCUT2D eigenvalue weighted by Crippen LogP contribution is 2.26. The van der Waals surface area contributed by atoms with Gasteiger partial charge in [0.1, 0.15) is 0 Å². The van der Waals surface area contributed by atoms with Gasteiger partial charge in [-0.2, -0.15) is 0 Å². The fraction of sp³-hybridized carbons (Fsp3) is 0.364. The number of hydrogen-bond donors (Lipinski definition) is 2. The maximum absolute atomic E-state index is 13.3. The zero-order valence-corrected chi connectivity index (χ0v) is 8.57. The lowest BCUT2D eigenvalue weighted by molar-refractivity contribution is -0.153. The molecule has 0 aromatic heterocycles. The van der Waals surface area contributed by atoms with Crippen molar-refractivity contribution in [1.29, 1.82) is 0 Å². The molecule has 4 nitrogen and oxygen atoms in total. The van der Waals surface area contributed by atoms with Crippen molar-refractivity contribution >= 4 is 5.97 Å². The Morgan fingerprint density at radius 1 is 1.50 bits per heavy atom. The molecule has 2 rings (SSSR count). The van der Waals surface area contributed by atoms with Crippen molar-refractivity contribution in [3.05, 3.63) is 30.1 Å². The van der Waals surface area contributed by atoms with Gasteiger partial charge in [-0.05, 0) is 18.7 Å². The lowest BCUT2D eigenvalue weighted by Crippen LogP contribution is -2.46. The maximum Gasteiger partial charge on any atom is 0.349 e. The number of para-hydroxylation sites is 1. The van der Waals surface area contributed by atoms with Gasteiger partial charge < -0.3 is 15.2 Å². The van der Waals surface area contributed by atoms with Crippen molar-refractivity contribution in [2.24, 2.45) is 0 Å². The van der Waals surface area contributed by atoms with Gasteiger partial charge in [-0.15, -0.1) is 0 Å². The largest absolute Gasteiger partial charge is 0.478 e. The van der Waals surface area contributed by atoms with Gasteiger partial charge in [0, 0.05) is 13.0 Å². The number of carboxylic acids is 1. The third kappa shape index (κ3) is 1.86. The molecular weight excluding hydrogens is 213 g/mol. The van der Waals surface area contributed by atoms with Gasteiger partial charge in [-0.1, -0.05) is 12.1 Å². The van der Waals surface area contributed by atoms with Gasteiger partial charge in [0.15, 0.2) is 11.6 Å². The van der Waals surface area contributed by atoms with Crippen LogP contribution in [0, 0.1) is 5.82 Å². The number of benzene rings is 1. The molecule has 0 aliphatic carbocycles. The maximum atomic E-state index is 13.3. The number of carbonyl (C=O) groups is 1. The van der Waals surface area contributed by atoms with E-state index in [1.165, 1.54) is 18.2 Å². The second-order valence-corrected chi connectivity index (χ2v) is 3.76. The molecule has 1 saturated heterocycles. The van der Waals surface area contributed by atoms with Crippen molar-refractivity contribution < 1.29 is 19.0 Å². The molecule has 16 heavy (non-hydrogen) atoms. The molecule has 1 aliphatic rings. The van der Waals surface area contributed by atoms with Gasteiger partial charge >= 0.3 is 5.97 Å². The van der Waals surface area contributed by atoms with Gasteiger partial charge in [-0.25, -0.2) is 9.18 Å². The molecule has 1 aromatic carbocycles. The first kappa shape index (κ1) is 10.9. The molecule has 0 bridgehead atoms. The van der Waals surface area contributed by atoms with Crippen molar-refractivity contribution in [2.45, 2.75) is 12.0 Å². The number of hydrogen-bond acceptors (Lipinski definition) is 3. The monoisotopic (exact) mass is 225 g/mol. The summed E-state index contributed by atoms with van der Waals surface area (Å²) in [7, 11) is 0. The lowest BCUT2D eigenvalue weighted by atomic mass is 10.0. The molecule has 1 unspecified atom stereocenters. The quantitative estimate of drug-likeness (QED) is 0.806. The molecule has 0 radical (unpaired) electrons. The fourth-order valence-electron chi connectivity index (χ4n) is 1.72. The predicted octanol–water partition coefficient (Wildman–Crippen LogP) is 1.02. The molecule has 2 N–H and O–H groups in total. The number of carboxylic acid groups (broad SMARTS) is 1. The van der Waals surface area contributed by atoms with Crippen molar-refractivity contribution in [2.75, 3.05) is 13.1 Å². The van der Waals surface area contributed by atoms with Crippen LogP contribution in [0.3, 0.4) is 0 Å². The predicted molar refractivity (Wildman–Crippen MR) is 54.9 cm³/mol. The summed E-state index contributed by atoms with van der Waals surface area (Å²) in [5, 5.41) is 12.0. The van der Waals surface area contributed by atoms with Crippen LogP contribution in [-0.2, 0) is 4.79 Å². The van der Waals surface area contributed by atoms with Gasteiger partial charge in [-0.3, -0.25) is 0 Å². The van der Waals surface area contributed by atoms with Crippen LogP contribution in [0.25, 0.3) is 0 Å². The van der Waals surface area contributed by atoms with Crippen molar-refractivity contribution in [3.63, 3.8) is 0 Å². The zero-order valence-electron chi connectivity index (χ0n) is 8.57. The second kappa shape index (κ2) is 4.09. The number of aliphatic carboxylic acids is 1. The Bertz CT molecular complexity index is 402. The molecular formula is C11H12FNO3. The van der Waals surface area contributed by atoms with E-state index < -0.39 is 17.4 Å². The molecule has 0 amide bonds. The Morgan fingerprint density at radius 2 is 2.25 bits per heavy atom. The van der Waals surface area contributed by atoms with Crippen LogP contribution in [0.1, 0.15) is 6.42 Å². The van der Waals surface area contributed by atoms with Gasteiger partial charge in [0.25, 0.3) is 0 Å². The van der Waals surface area contributed by atoms with Crippen LogP contribution in [0.5, 0.6) is 5.75 Å². The number of nitrogens with one attached hydrogen (secondary N) is 1. The molecule has 5 heteroatoms. The highest BCUT2D eigenvalue weighted by atomic mass is 19.1. The zero-order chi connectivity index (χ0) is 11.6. The summed E-state index contributed by atoms with van der Waals surface area (Å²) in [5.74, 6) is -1.63. The first-order valence-electron chi connectivity index (χ1n) is 5.02. The van der Waals surface area contributed by atoms with Crippen LogP contribution >= 0.6 is 0 Å². The Morgan fingerprint density at radius 3 is 2.81 bits per heavy atom. The van der Waals surface area contributed by atoms with Gasteiger partial charge in [0.2, 0.25) is 5.60 Å². The normalized spacial score (nSPS) is 24.3. The molecule has 86 valence electrons. The minimum Gasteiger partial charge on any atom is -0.478 e. The smallest absolute Gasteiger partial charge is 0.349 e. The highest BCUT2D eigenvalue weighted by Gasteiger charge is 2.44. The van der Waals surface area contributed by atoms with E-state index >= 15 is 0 Å². The van der Waals surface area contributed by atoms with E-state index in [0.717, 1.165) is 0 Å². The number of ether oxygens (including phenoxy) is 1. The summed E-state index contributed by atoms with van der Waals surface area (Å²) < 4.78 is 18.7. The summed E-state index contributed by atoms with van der Waals surface area (Å²) in [6.07, 6.45) is 0.330. The summed E-state index contributed by atoms with van der Waals surface area (Å²) in [5.41, 5.74) is -1.35. The van der Waals surface area contributed by atoms with Crippen LogP contribution in [0.2, 0.25) is 0 Å². The third-order valence-electron chi connectivity index (χ3n) is 2.65. The SMILES string of the molecule is O=C(O)C1(Oc2ccccc2F)CCNC1. The number of rotatable bonds is 3. The van der Waals surface area contributed by atoms with E-state index in [0.29, 0.717) is 13.0 Å². The Labute approximate surface area is 92.0 Å². The average molecular weight is 225 g/mol. The molecule has 1 atom stereocenters.